The van der Waals surface area contributed by atoms with Crippen LogP contribution in [0.3, 0.4) is 0 Å². The Hall–Kier alpha value is -0.0800. The molecule has 0 amide bonds. The van der Waals surface area contributed by atoms with E-state index in [0.717, 1.165) is 12.5 Å². The van der Waals surface area contributed by atoms with E-state index in [0.29, 0.717) is 6.04 Å². The van der Waals surface area contributed by atoms with Crippen LogP contribution in [0.4, 0.5) is 0 Å². The minimum absolute atomic E-state index is 0.257. The second-order valence-corrected chi connectivity index (χ2v) is 3.48. The maximum Gasteiger partial charge on any atom is 0.0584 e. The van der Waals surface area contributed by atoms with Crippen LogP contribution in [0.1, 0.15) is 27.2 Å². The van der Waals surface area contributed by atoms with Gasteiger partial charge in [-0.05, 0) is 19.9 Å². The molecule has 0 bridgehead atoms. The number of rotatable bonds is 5. The molecular formula is C9H21NO. The molecule has 1 N–H and O–H groups in total. The van der Waals surface area contributed by atoms with Crippen molar-refractivity contribution in [2.45, 2.75) is 33.2 Å². The van der Waals surface area contributed by atoms with Crippen molar-refractivity contribution < 1.29 is 5.11 Å². The van der Waals surface area contributed by atoms with Gasteiger partial charge in [-0.25, -0.2) is 0 Å². The van der Waals surface area contributed by atoms with Crippen LogP contribution in [0.15, 0.2) is 0 Å². The molecule has 0 aliphatic carbocycles. The summed E-state index contributed by atoms with van der Waals surface area (Å²) in [6, 6.07) is 0.295. The van der Waals surface area contributed by atoms with Crippen LogP contribution in [0.2, 0.25) is 0 Å². The van der Waals surface area contributed by atoms with Gasteiger partial charge in [0.05, 0.1) is 6.61 Å². The van der Waals surface area contributed by atoms with E-state index in [1.807, 2.05) is 6.92 Å². The van der Waals surface area contributed by atoms with Gasteiger partial charge in [-0.3, -0.25) is 0 Å². The molecule has 0 aromatic carbocycles. The number of nitrogens with zero attached hydrogens (tertiary/aromatic N) is 1. The molecule has 2 unspecified atom stereocenters. The maximum absolute atomic E-state index is 8.85. The molecular weight excluding hydrogens is 138 g/mol. The van der Waals surface area contributed by atoms with Crippen molar-refractivity contribution in [2.24, 2.45) is 5.92 Å². The highest BCUT2D eigenvalue weighted by atomic mass is 16.3. The summed E-state index contributed by atoms with van der Waals surface area (Å²) in [4.78, 5) is 2.20. The van der Waals surface area contributed by atoms with Crippen molar-refractivity contribution in [3.05, 3.63) is 0 Å². The third kappa shape index (κ3) is 4.38. The van der Waals surface area contributed by atoms with Crippen LogP contribution >= 0.6 is 0 Å². The van der Waals surface area contributed by atoms with Crippen LogP contribution in [0, 0.1) is 5.92 Å². The lowest BCUT2D eigenvalue weighted by atomic mass is 10.1. The van der Waals surface area contributed by atoms with E-state index in [9.17, 15) is 0 Å². The zero-order valence-electron chi connectivity index (χ0n) is 8.17. The van der Waals surface area contributed by atoms with E-state index >= 15 is 0 Å². The molecule has 0 aliphatic heterocycles. The molecule has 0 heterocycles. The number of aliphatic hydroxyl groups excluding tert-OH is 1. The summed E-state index contributed by atoms with van der Waals surface area (Å²) in [6.45, 7) is 7.82. The first-order chi connectivity index (χ1) is 5.11. The van der Waals surface area contributed by atoms with Crippen molar-refractivity contribution in [3.63, 3.8) is 0 Å². The lowest BCUT2D eigenvalue weighted by molar-refractivity contribution is 0.144. The van der Waals surface area contributed by atoms with E-state index in [1.54, 1.807) is 0 Å². The van der Waals surface area contributed by atoms with Gasteiger partial charge in [-0.15, -0.1) is 0 Å². The summed E-state index contributed by atoms with van der Waals surface area (Å²) in [5.74, 6) is 0.731. The second-order valence-electron chi connectivity index (χ2n) is 3.48. The first kappa shape index (κ1) is 10.9. The first-order valence-electron chi connectivity index (χ1n) is 4.42. The Bertz CT molecular complexity index is 95.6. The van der Waals surface area contributed by atoms with Crippen LogP contribution in [-0.2, 0) is 0 Å². The lowest BCUT2D eigenvalue weighted by Gasteiger charge is -2.25. The van der Waals surface area contributed by atoms with Crippen molar-refractivity contribution in [3.8, 4) is 0 Å². The normalized spacial score (nSPS) is 16.9. The van der Waals surface area contributed by atoms with Crippen LogP contribution in [0.25, 0.3) is 0 Å². The average molecular weight is 159 g/mol. The Morgan fingerprint density at radius 2 is 1.91 bits per heavy atom. The van der Waals surface area contributed by atoms with Crippen LogP contribution < -0.4 is 0 Å². The number of hydrogen-bond donors (Lipinski definition) is 1. The zero-order valence-corrected chi connectivity index (χ0v) is 8.17. The van der Waals surface area contributed by atoms with E-state index in [1.165, 1.54) is 6.42 Å². The Balaban J connectivity index is 3.58. The molecule has 2 heteroatoms. The summed E-state index contributed by atoms with van der Waals surface area (Å²) < 4.78 is 0. The summed E-state index contributed by atoms with van der Waals surface area (Å²) >= 11 is 0. The Labute approximate surface area is 70.2 Å². The minimum atomic E-state index is 0.257. The maximum atomic E-state index is 8.85. The van der Waals surface area contributed by atoms with Gasteiger partial charge in [0.1, 0.15) is 0 Å². The number of likely N-dealkylation sites (N-methyl/N-ethyl adjacent to an activating group) is 1. The van der Waals surface area contributed by atoms with Gasteiger partial charge < -0.3 is 10.0 Å². The molecule has 0 rings (SSSR count). The van der Waals surface area contributed by atoms with Gasteiger partial charge in [0, 0.05) is 12.6 Å². The predicted molar refractivity (Wildman–Crippen MR) is 48.6 cm³/mol. The highest BCUT2D eigenvalue weighted by Crippen LogP contribution is 2.04. The van der Waals surface area contributed by atoms with Crippen molar-refractivity contribution in [2.75, 3.05) is 20.2 Å². The smallest absolute Gasteiger partial charge is 0.0584 e. The monoisotopic (exact) mass is 159 g/mol. The summed E-state index contributed by atoms with van der Waals surface area (Å²) in [5, 5.41) is 8.85. The fourth-order valence-corrected chi connectivity index (χ4v) is 0.940. The Kier molecular flexibility index (Phi) is 5.51. The minimum Gasteiger partial charge on any atom is -0.395 e. The van der Waals surface area contributed by atoms with Crippen LogP contribution in [-0.4, -0.2) is 36.2 Å². The standard InChI is InChI=1S/C9H21NO/c1-5-8(2)6-10(4)9(3)7-11/h8-9,11H,5-7H2,1-4H3. The first-order valence-corrected chi connectivity index (χ1v) is 4.42. The number of aliphatic hydroxyl groups is 1. The fraction of sp³-hybridized carbons (Fsp3) is 1.00. The predicted octanol–water partition coefficient (Wildman–Crippen LogP) is 1.35. The number of hydrogen-bond acceptors (Lipinski definition) is 2. The molecule has 2 nitrogen and oxygen atoms in total. The molecule has 0 radical (unpaired) electrons. The quantitative estimate of drug-likeness (QED) is 0.654. The molecule has 0 saturated heterocycles. The third-order valence-electron chi connectivity index (χ3n) is 2.31. The highest BCUT2D eigenvalue weighted by Gasteiger charge is 2.09. The van der Waals surface area contributed by atoms with Gasteiger partial charge in [0.15, 0.2) is 0 Å². The topological polar surface area (TPSA) is 23.5 Å². The largest absolute Gasteiger partial charge is 0.395 e. The van der Waals surface area contributed by atoms with Gasteiger partial charge in [0.2, 0.25) is 0 Å². The lowest BCUT2D eigenvalue weighted by Crippen LogP contribution is -2.35. The molecule has 0 saturated carbocycles. The van der Waals surface area contributed by atoms with Crippen molar-refractivity contribution in [1.29, 1.82) is 0 Å². The Morgan fingerprint density at radius 3 is 2.27 bits per heavy atom. The average Bonchev–Trinajstić information content (AvgIpc) is 2.02. The zero-order chi connectivity index (χ0) is 8.85. The SMILES string of the molecule is CCC(C)CN(C)C(C)CO. The van der Waals surface area contributed by atoms with Crippen molar-refractivity contribution in [1.82, 2.24) is 4.90 Å². The summed E-state index contributed by atoms with van der Waals surface area (Å²) in [7, 11) is 2.06. The molecule has 0 fully saturated rings. The summed E-state index contributed by atoms with van der Waals surface area (Å²) in [5.41, 5.74) is 0. The molecule has 0 aromatic heterocycles. The van der Waals surface area contributed by atoms with E-state index < -0.39 is 0 Å². The van der Waals surface area contributed by atoms with E-state index in [-0.39, 0.29) is 6.61 Å². The molecule has 0 aliphatic rings. The van der Waals surface area contributed by atoms with Crippen molar-refractivity contribution >= 4 is 0 Å². The molecule has 2 atom stereocenters. The second kappa shape index (κ2) is 5.56. The third-order valence-corrected chi connectivity index (χ3v) is 2.31. The van der Waals surface area contributed by atoms with E-state index in [2.05, 4.69) is 25.8 Å². The van der Waals surface area contributed by atoms with Gasteiger partial charge in [-0.1, -0.05) is 20.3 Å². The van der Waals surface area contributed by atoms with Gasteiger partial charge in [-0.2, -0.15) is 0 Å². The van der Waals surface area contributed by atoms with Gasteiger partial charge >= 0.3 is 0 Å². The molecule has 0 spiro atoms. The van der Waals surface area contributed by atoms with E-state index in [4.69, 9.17) is 5.11 Å². The molecule has 68 valence electrons. The van der Waals surface area contributed by atoms with Gasteiger partial charge in [0.25, 0.3) is 0 Å². The molecule has 0 aromatic rings. The fourth-order valence-electron chi connectivity index (χ4n) is 0.940. The molecule has 11 heavy (non-hydrogen) atoms. The highest BCUT2D eigenvalue weighted by molar-refractivity contribution is 4.63. The van der Waals surface area contributed by atoms with Crippen LogP contribution in [0.5, 0.6) is 0 Å². The summed E-state index contributed by atoms with van der Waals surface area (Å²) in [6.07, 6.45) is 1.21. The Morgan fingerprint density at radius 1 is 1.36 bits per heavy atom.